The van der Waals surface area contributed by atoms with Crippen molar-refractivity contribution in [2.45, 2.75) is 25.3 Å². The first-order chi connectivity index (χ1) is 9.85. The van der Waals surface area contributed by atoms with Crippen LogP contribution in [0.4, 0.5) is 0 Å². The Morgan fingerprint density at radius 3 is 2.80 bits per heavy atom. The number of fused-ring (bicyclic) bond motifs is 1. The lowest BCUT2D eigenvalue weighted by atomic mass is 9.98. The molecule has 98 valence electrons. The van der Waals surface area contributed by atoms with Crippen LogP contribution in [0.1, 0.15) is 28.7 Å². The Labute approximate surface area is 119 Å². The van der Waals surface area contributed by atoms with Crippen LogP contribution in [0.25, 0.3) is 0 Å². The van der Waals surface area contributed by atoms with Gasteiger partial charge in [-0.05, 0) is 48.1 Å². The number of aliphatic imine (C=N–C) groups is 1. The molecular formula is C18H16N2. The molecule has 0 fully saturated rings. The topological polar surface area (TPSA) is 36.1 Å². The predicted molar refractivity (Wildman–Crippen MR) is 81.0 cm³/mol. The van der Waals surface area contributed by atoms with Crippen molar-refractivity contribution in [1.29, 1.82) is 5.26 Å². The van der Waals surface area contributed by atoms with Crippen LogP contribution < -0.4 is 0 Å². The minimum absolute atomic E-state index is 0.329. The van der Waals surface area contributed by atoms with Crippen LogP contribution in [0, 0.1) is 11.3 Å². The molecule has 1 aliphatic rings. The Morgan fingerprint density at radius 1 is 1.15 bits per heavy atom. The van der Waals surface area contributed by atoms with Gasteiger partial charge in [-0.3, -0.25) is 4.99 Å². The van der Waals surface area contributed by atoms with Crippen LogP contribution in [0.2, 0.25) is 0 Å². The van der Waals surface area contributed by atoms with Crippen molar-refractivity contribution >= 4 is 6.21 Å². The maximum Gasteiger partial charge on any atom is 0.0991 e. The third-order valence-corrected chi connectivity index (χ3v) is 3.76. The number of rotatable bonds is 2. The average molecular weight is 260 g/mol. The van der Waals surface area contributed by atoms with Gasteiger partial charge in [0.25, 0.3) is 0 Å². The van der Waals surface area contributed by atoms with Crippen LogP contribution in [0.15, 0.2) is 53.5 Å². The van der Waals surface area contributed by atoms with Gasteiger partial charge < -0.3 is 0 Å². The van der Waals surface area contributed by atoms with Crippen molar-refractivity contribution in [3.05, 3.63) is 70.8 Å². The lowest BCUT2D eigenvalue weighted by Crippen LogP contribution is -2.08. The molecule has 0 bridgehead atoms. The fourth-order valence-corrected chi connectivity index (χ4v) is 2.64. The second-order valence-electron chi connectivity index (χ2n) is 5.19. The van der Waals surface area contributed by atoms with E-state index in [0.29, 0.717) is 11.6 Å². The summed E-state index contributed by atoms with van der Waals surface area (Å²) < 4.78 is 0. The highest BCUT2D eigenvalue weighted by atomic mass is 14.8. The van der Waals surface area contributed by atoms with Gasteiger partial charge >= 0.3 is 0 Å². The first-order valence-electron chi connectivity index (χ1n) is 6.95. The second-order valence-corrected chi connectivity index (χ2v) is 5.19. The SMILES string of the molecule is N#Cc1ccc2c(c1)C=NC(Cc1ccccc1)CC2. The molecule has 0 saturated carbocycles. The molecule has 2 nitrogen and oxygen atoms in total. The zero-order valence-corrected chi connectivity index (χ0v) is 11.3. The summed E-state index contributed by atoms with van der Waals surface area (Å²) >= 11 is 0. The molecule has 20 heavy (non-hydrogen) atoms. The maximum absolute atomic E-state index is 8.96. The first-order valence-corrected chi connectivity index (χ1v) is 6.95. The molecule has 0 saturated heterocycles. The van der Waals surface area contributed by atoms with Gasteiger partial charge in [0.1, 0.15) is 0 Å². The van der Waals surface area contributed by atoms with Crippen molar-refractivity contribution < 1.29 is 0 Å². The lowest BCUT2D eigenvalue weighted by molar-refractivity contribution is 0.620. The molecule has 1 heterocycles. The summed E-state index contributed by atoms with van der Waals surface area (Å²) in [5.41, 5.74) is 4.43. The Balaban J connectivity index is 1.79. The number of nitrogens with zero attached hydrogens (tertiary/aromatic N) is 2. The van der Waals surface area contributed by atoms with Gasteiger partial charge in [-0.1, -0.05) is 36.4 Å². The molecule has 2 aromatic rings. The fourth-order valence-electron chi connectivity index (χ4n) is 2.64. The van der Waals surface area contributed by atoms with E-state index in [-0.39, 0.29) is 0 Å². The van der Waals surface area contributed by atoms with Crippen molar-refractivity contribution in [1.82, 2.24) is 0 Å². The quantitative estimate of drug-likeness (QED) is 0.813. The molecule has 2 heteroatoms. The Hall–Kier alpha value is -2.40. The molecule has 0 aliphatic carbocycles. The van der Waals surface area contributed by atoms with Crippen LogP contribution in [-0.2, 0) is 12.8 Å². The van der Waals surface area contributed by atoms with Gasteiger partial charge in [-0.25, -0.2) is 0 Å². The van der Waals surface area contributed by atoms with E-state index in [1.807, 2.05) is 24.4 Å². The summed E-state index contributed by atoms with van der Waals surface area (Å²) in [6.07, 6.45) is 5.01. The zero-order chi connectivity index (χ0) is 13.8. The van der Waals surface area contributed by atoms with Gasteiger partial charge in [-0.15, -0.1) is 0 Å². The summed E-state index contributed by atoms with van der Waals surface area (Å²) in [6.45, 7) is 0. The summed E-state index contributed by atoms with van der Waals surface area (Å²) in [5, 5.41) is 8.96. The van der Waals surface area contributed by atoms with Crippen LogP contribution in [-0.4, -0.2) is 12.3 Å². The normalized spacial score (nSPS) is 17.1. The number of benzene rings is 2. The van der Waals surface area contributed by atoms with Gasteiger partial charge in [0, 0.05) is 6.21 Å². The van der Waals surface area contributed by atoms with Gasteiger partial charge in [0.05, 0.1) is 17.7 Å². The smallest absolute Gasteiger partial charge is 0.0991 e. The highest BCUT2D eigenvalue weighted by Crippen LogP contribution is 2.19. The summed E-state index contributed by atoms with van der Waals surface area (Å²) in [5.74, 6) is 0. The van der Waals surface area contributed by atoms with Crippen LogP contribution in [0.5, 0.6) is 0 Å². The van der Waals surface area contributed by atoms with E-state index in [1.54, 1.807) is 0 Å². The Morgan fingerprint density at radius 2 is 2.00 bits per heavy atom. The number of hydrogen-bond acceptors (Lipinski definition) is 2. The summed E-state index contributed by atoms with van der Waals surface area (Å²) in [6, 6.07) is 18.9. The van der Waals surface area contributed by atoms with Crippen molar-refractivity contribution in [3.8, 4) is 6.07 Å². The fraction of sp³-hybridized carbons (Fsp3) is 0.222. The van der Waals surface area contributed by atoms with Crippen LogP contribution in [0.3, 0.4) is 0 Å². The minimum atomic E-state index is 0.329. The number of aryl methyl sites for hydroxylation is 1. The third kappa shape index (κ3) is 2.78. The van der Waals surface area contributed by atoms with E-state index in [2.05, 4.69) is 36.4 Å². The van der Waals surface area contributed by atoms with Gasteiger partial charge in [0.2, 0.25) is 0 Å². The van der Waals surface area contributed by atoms with E-state index < -0.39 is 0 Å². The Bertz CT molecular complexity index is 666. The lowest BCUT2D eigenvalue weighted by Gasteiger charge is -2.10. The van der Waals surface area contributed by atoms with E-state index >= 15 is 0 Å². The van der Waals surface area contributed by atoms with E-state index in [4.69, 9.17) is 10.3 Å². The molecule has 0 N–H and O–H groups in total. The standard InChI is InChI=1S/C18H16N2/c19-12-15-6-7-16-8-9-18(20-13-17(16)10-15)11-14-4-2-1-3-5-14/h1-7,10,13,18H,8-9,11H2. The van der Waals surface area contributed by atoms with E-state index in [0.717, 1.165) is 24.8 Å². The average Bonchev–Trinajstić information content (AvgIpc) is 2.70. The molecule has 0 aromatic heterocycles. The molecule has 0 spiro atoms. The minimum Gasteiger partial charge on any atom is -0.289 e. The van der Waals surface area contributed by atoms with Crippen molar-refractivity contribution in [2.24, 2.45) is 4.99 Å². The number of nitriles is 1. The second kappa shape index (κ2) is 5.71. The molecule has 1 aliphatic heterocycles. The predicted octanol–water partition coefficient (Wildman–Crippen LogP) is 3.53. The number of hydrogen-bond donors (Lipinski definition) is 0. The third-order valence-electron chi connectivity index (χ3n) is 3.76. The van der Waals surface area contributed by atoms with Gasteiger partial charge in [0.15, 0.2) is 0 Å². The highest BCUT2D eigenvalue weighted by Gasteiger charge is 2.13. The van der Waals surface area contributed by atoms with E-state index in [9.17, 15) is 0 Å². The molecular weight excluding hydrogens is 244 g/mol. The summed E-state index contributed by atoms with van der Waals surface area (Å²) in [7, 11) is 0. The Kier molecular flexibility index (Phi) is 3.60. The monoisotopic (exact) mass is 260 g/mol. The summed E-state index contributed by atoms with van der Waals surface area (Å²) in [4.78, 5) is 4.70. The molecule has 0 radical (unpaired) electrons. The van der Waals surface area contributed by atoms with Crippen molar-refractivity contribution in [2.75, 3.05) is 0 Å². The molecule has 3 rings (SSSR count). The molecule has 1 unspecified atom stereocenters. The van der Waals surface area contributed by atoms with Crippen molar-refractivity contribution in [3.63, 3.8) is 0 Å². The zero-order valence-electron chi connectivity index (χ0n) is 11.3. The molecule has 1 atom stereocenters. The molecule has 2 aromatic carbocycles. The highest BCUT2D eigenvalue weighted by molar-refractivity contribution is 5.83. The molecule has 0 amide bonds. The largest absolute Gasteiger partial charge is 0.289 e. The maximum atomic E-state index is 8.96. The van der Waals surface area contributed by atoms with Gasteiger partial charge in [-0.2, -0.15) is 5.26 Å². The van der Waals surface area contributed by atoms with Crippen LogP contribution >= 0.6 is 0 Å². The van der Waals surface area contributed by atoms with E-state index in [1.165, 1.54) is 11.1 Å². The first kappa shape index (κ1) is 12.6.